The number of aromatic nitrogens is 2. The SMILES string of the molecule is Cl.Cl.Cl.N=C(N)N(CCCc1c[nH]cn1)CCN(Cc1ccccc1)c1ccccc1. The molecular weight excluding hydrogens is 455 g/mol. The van der Waals surface area contributed by atoms with Crippen molar-refractivity contribution in [2.24, 2.45) is 5.73 Å². The predicted molar refractivity (Wildman–Crippen MR) is 136 cm³/mol. The largest absolute Gasteiger partial charge is 0.370 e. The van der Waals surface area contributed by atoms with Crippen LogP contribution in [-0.4, -0.2) is 40.5 Å². The fraction of sp³-hybridized carbons (Fsp3) is 0.273. The molecule has 6 nitrogen and oxygen atoms in total. The Balaban J connectivity index is 0.00000300. The van der Waals surface area contributed by atoms with Crippen molar-refractivity contribution in [3.63, 3.8) is 0 Å². The van der Waals surface area contributed by atoms with Gasteiger partial charge in [-0.2, -0.15) is 0 Å². The number of aromatic amines is 1. The molecule has 0 fully saturated rings. The van der Waals surface area contributed by atoms with E-state index < -0.39 is 0 Å². The Morgan fingerprint density at radius 2 is 1.55 bits per heavy atom. The molecule has 0 unspecified atom stereocenters. The van der Waals surface area contributed by atoms with Gasteiger partial charge in [0.25, 0.3) is 0 Å². The van der Waals surface area contributed by atoms with E-state index in [0.29, 0.717) is 6.54 Å². The van der Waals surface area contributed by atoms with Gasteiger partial charge >= 0.3 is 0 Å². The first-order chi connectivity index (χ1) is 13.7. The average molecular weight is 486 g/mol. The molecule has 0 spiro atoms. The van der Waals surface area contributed by atoms with Crippen LogP contribution in [0.5, 0.6) is 0 Å². The second kappa shape index (κ2) is 15.4. The van der Waals surface area contributed by atoms with Crippen LogP contribution in [0.4, 0.5) is 5.69 Å². The Morgan fingerprint density at radius 3 is 2.13 bits per heavy atom. The predicted octanol–water partition coefficient (Wildman–Crippen LogP) is 4.51. The lowest BCUT2D eigenvalue weighted by Gasteiger charge is -2.29. The zero-order valence-electron chi connectivity index (χ0n) is 17.3. The molecule has 3 rings (SSSR count). The maximum absolute atomic E-state index is 7.94. The van der Waals surface area contributed by atoms with Gasteiger partial charge in [0.1, 0.15) is 0 Å². The molecule has 2 aromatic carbocycles. The van der Waals surface area contributed by atoms with E-state index in [9.17, 15) is 0 Å². The van der Waals surface area contributed by atoms with E-state index in [-0.39, 0.29) is 43.2 Å². The zero-order valence-corrected chi connectivity index (χ0v) is 19.8. The molecule has 0 saturated carbocycles. The van der Waals surface area contributed by atoms with E-state index in [1.165, 1.54) is 11.3 Å². The number of hydrogen-bond donors (Lipinski definition) is 3. The second-order valence-electron chi connectivity index (χ2n) is 6.78. The summed E-state index contributed by atoms with van der Waals surface area (Å²) < 4.78 is 0. The fourth-order valence-electron chi connectivity index (χ4n) is 3.21. The number of nitrogens with two attached hydrogens (primary N) is 1. The third-order valence-electron chi connectivity index (χ3n) is 4.73. The Kier molecular flexibility index (Phi) is 14.2. The van der Waals surface area contributed by atoms with Gasteiger partial charge in [-0.3, -0.25) is 5.41 Å². The van der Waals surface area contributed by atoms with Crippen molar-refractivity contribution in [1.82, 2.24) is 14.9 Å². The monoisotopic (exact) mass is 484 g/mol. The van der Waals surface area contributed by atoms with Crippen molar-refractivity contribution in [3.8, 4) is 0 Å². The first-order valence-electron chi connectivity index (χ1n) is 9.63. The summed E-state index contributed by atoms with van der Waals surface area (Å²) in [4.78, 5) is 11.5. The van der Waals surface area contributed by atoms with Crippen molar-refractivity contribution in [3.05, 3.63) is 84.4 Å². The smallest absolute Gasteiger partial charge is 0.188 e. The summed E-state index contributed by atoms with van der Waals surface area (Å²) in [6.45, 7) is 3.07. The van der Waals surface area contributed by atoms with Crippen LogP contribution in [0.15, 0.2) is 73.2 Å². The van der Waals surface area contributed by atoms with Gasteiger partial charge in [-0.15, -0.1) is 37.2 Å². The highest BCUT2D eigenvalue weighted by atomic mass is 35.5. The van der Waals surface area contributed by atoms with Crippen LogP contribution in [0.3, 0.4) is 0 Å². The third-order valence-corrected chi connectivity index (χ3v) is 4.73. The minimum atomic E-state index is 0. The van der Waals surface area contributed by atoms with Crippen LogP contribution >= 0.6 is 37.2 Å². The van der Waals surface area contributed by atoms with Gasteiger partial charge in [0.2, 0.25) is 0 Å². The van der Waals surface area contributed by atoms with Gasteiger partial charge in [0, 0.05) is 38.1 Å². The first kappa shape index (κ1) is 28.6. The van der Waals surface area contributed by atoms with Crippen LogP contribution in [0.1, 0.15) is 17.7 Å². The average Bonchev–Trinajstić information content (AvgIpc) is 3.24. The number of nitrogens with zero attached hydrogens (tertiary/aromatic N) is 3. The molecule has 0 atom stereocenters. The number of hydrogen-bond acceptors (Lipinski definition) is 3. The standard InChI is InChI=1S/C22H28N6.3ClH/c23-22(24)27(13-7-10-20-16-25-18-26-20)14-15-28(21-11-5-2-6-12-21)17-19-8-3-1-4-9-19;;;/h1-6,8-9,11-12,16,18H,7,10,13-15,17H2,(H3,23,24)(H,25,26);3*1H. The molecule has 1 heterocycles. The van der Waals surface area contributed by atoms with E-state index >= 15 is 0 Å². The number of rotatable bonds is 10. The second-order valence-corrected chi connectivity index (χ2v) is 6.78. The van der Waals surface area contributed by atoms with Gasteiger partial charge in [-0.25, -0.2) is 4.98 Å². The molecule has 31 heavy (non-hydrogen) atoms. The third kappa shape index (κ3) is 9.51. The molecule has 0 bridgehead atoms. The fourth-order valence-corrected chi connectivity index (χ4v) is 3.21. The molecule has 9 heteroatoms. The van der Waals surface area contributed by atoms with E-state index in [0.717, 1.165) is 38.2 Å². The molecule has 0 radical (unpaired) electrons. The molecule has 0 aliphatic heterocycles. The normalized spacial score (nSPS) is 9.55. The van der Waals surface area contributed by atoms with Gasteiger partial charge in [-0.1, -0.05) is 48.5 Å². The molecule has 1 aromatic heterocycles. The lowest BCUT2D eigenvalue weighted by molar-refractivity contribution is 0.405. The Labute approximate surface area is 203 Å². The van der Waals surface area contributed by atoms with E-state index in [2.05, 4.69) is 63.4 Å². The Hall–Kier alpha value is -2.41. The highest BCUT2D eigenvalue weighted by Gasteiger charge is 2.12. The number of anilines is 1. The summed E-state index contributed by atoms with van der Waals surface area (Å²) in [5.74, 6) is 0.120. The van der Waals surface area contributed by atoms with Crippen LogP contribution in [-0.2, 0) is 13.0 Å². The lowest BCUT2D eigenvalue weighted by Crippen LogP contribution is -2.42. The van der Waals surface area contributed by atoms with Crippen molar-refractivity contribution >= 4 is 48.9 Å². The summed E-state index contributed by atoms with van der Waals surface area (Å²) in [6, 6.07) is 20.8. The first-order valence-corrected chi connectivity index (χ1v) is 9.63. The summed E-state index contributed by atoms with van der Waals surface area (Å²) in [7, 11) is 0. The Bertz CT molecular complexity index is 831. The topological polar surface area (TPSA) is 85.0 Å². The maximum atomic E-state index is 7.94. The van der Waals surface area contributed by atoms with E-state index in [1.54, 1.807) is 6.33 Å². The van der Waals surface area contributed by atoms with Gasteiger partial charge in [-0.05, 0) is 30.5 Å². The quantitative estimate of drug-likeness (QED) is 0.291. The molecule has 4 N–H and O–H groups in total. The molecule has 0 aliphatic carbocycles. The number of halogens is 3. The van der Waals surface area contributed by atoms with Gasteiger partial charge in [0.05, 0.1) is 12.0 Å². The van der Waals surface area contributed by atoms with Crippen molar-refractivity contribution in [2.45, 2.75) is 19.4 Å². The Morgan fingerprint density at radius 1 is 0.903 bits per heavy atom. The van der Waals surface area contributed by atoms with Crippen molar-refractivity contribution in [2.75, 3.05) is 24.5 Å². The number of nitrogens with one attached hydrogen (secondary N) is 2. The molecular formula is C22H31Cl3N6. The highest BCUT2D eigenvalue weighted by molar-refractivity contribution is 5.86. The molecule has 3 aromatic rings. The summed E-state index contributed by atoms with van der Waals surface area (Å²) in [5.41, 5.74) is 9.32. The number of benzene rings is 2. The van der Waals surface area contributed by atoms with Crippen LogP contribution < -0.4 is 10.6 Å². The van der Waals surface area contributed by atoms with Crippen LogP contribution in [0, 0.1) is 5.41 Å². The summed E-state index contributed by atoms with van der Waals surface area (Å²) >= 11 is 0. The van der Waals surface area contributed by atoms with Crippen LogP contribution in [0.2, 0.25) is 0 Å². The summed E-state index contributed by atoms with van der Waals surface area (Å²) in [6.07, 6.45) is 5.39. The van der Waals surface area contributed by atoms with Gasteiger partial charge < -0.3 is 20.5 Å². The molecule has 0 aliphatic rings. The highest BCUT2D eigenvalue weighted by Crippen LogP contribution is 2.16. The van der Waals surface area contributed by atoms with Crippen LogP contribution in [0.25, 0.3) is 0 Å². The minimum Gasteiger partial charge on any atom is -0.370 e. The number of para-hydroxylation sites is 1. The number of imidazole rings is 1. The van der Waals surface area contributed by atoms with Crippen molar-refractivity contribution < 1.29 is 0 Å². The van der Waals surface area contributed by atoms with E-state index in [1.807, 2.05) is 23.2 Å². The lowest BCUT2D eigenvalue weighted by atomic mass is 10.2. The molecule has 0 amide bonds. The zero-order chi connectivity index (χ0) is 19.6. The molecule has 170 valence electrons. The van der Waals surface area contributed by atoms with Gasteiger partial charge in [0.15, 0.2) is 5.96 Å². The van der Waals surface area contributed by atoms with Crippen molar-refractivity contribution in [1.29, 1.82) is 5.41 Å². The number of guanidine groups is 1. The number of aryl methyl sites for hydroxylation is 1. The van der Waals surface area contributed by atoms with E-state index in [4.69, 9.17) is 11.1 Å². The minimum absolute atomic E-state index is 0. The number of H-pyrrole nitrogens is 1. The maximum Gasteiger partial charge on any atom is 0.188 e. The molecule has 0 saturated heterocycles. The summed E-state index contributed by atoms with van der Waals surface area (Å²) in [5, 5.41) is 7.94.